The van der Waals surface area contributed by atoms with Gasteiger partial charge in [-0.2, -0.15) is 0 Å². The van der Waals surface area contributed by atoms with Crippen LogP contribution in [0.25, 0.3) is 0 Å². The average molecular weight is 201 g/mol. The van der Waals surface area contributed by atoms with Crippen molar-refractivity contribution in [2.45, 2.75) is 33.1 Å². The second kappa shape index (κ2) is 8.81. The molecule has 2 amide bonds. The molecule has 0 saturated carbocycles. The highest BCUT2D eigenvalue weighted by Gasteiger charge is 2.01. The number of primary amides is 1. The molecule has 0 heterocycles. The molecule has 0 unspecified atom stereocenters. The highest BCUT2D eigenvalue weighted by Crippen LogP contribution is 1.95. The molecule has 0 bridgehead atoms. The Morgan fingerprint density at radius 3 is 2.21 bits per heavy atom. The number of hydrogen-bond donors (Lipinski definition) is 2. The molecule has 0 aromatic rings. The normalized spacial score (nSPS) is 10.5. The first-order valence-electron chi connectivity index (χ1n) is 5.46. The molecule has 0 spiro atoms. The summed E-state index contributed by atoms with van der Waals surface area (Å²) in [7, 11) is 0. The second-order valence-corrected chi connectivity index (χ2v) is 3.49. The number of urea groups is 1. The quantitative estimate of drug-likeness (QED) is 0.579. The lowest BCUT2D eigenvalue weighted by Gasteiger charge is -2.20. The molecular formula is C10H23N3O. The molecule has 0 aliphatic carbocycles. The lowest BCUT2D eigenvalue weighted by atomic mass is 10.3. The van der Waals surface area contributed by atoms with E-state index in [1.165, 1.54) is 12.8 Å². The molecule has 0 aliphatic rings. The maximum Gasteiger partial charge on any atom is 0.312 e. The van der Waals surface area contributed by atoms with Crippen molar-refractivity contribution in [3.8, 4) is 0 Å². The van der Waals surface area contributed by atoms with Crippen LogP contribution in [0.4, 0.5) is 4.79 Å². The standard InChI is InChI=1S/C10H23N3O/c1-3-7-13(8-4-2)9-5-6-12-10(11)14/h3-9H2,1-2H3,(H3,11,12,14). The summed E-state index contributed by atoms with van der Waals surface area (Å²) in [6.07, 6.45) is 3.34. The van der Waals surface area contributed by atoms with Gasteiger partial charge in [0.25, 0.3) is 0 Å². The number of nitrogens with zero attached hydrogens (tertiary/aromatic N) is 1. The highest BCUT2D eigenvalue weighted by atomic mass is 16.2. The summed E-state index contributed by atoms with van der Waals surface area (Å²) >= 11 is 0. The summed E-state index contributed by atoms with van der Waals surface area (Å²) in [6.45, 7) is 8.38. The maximum absolute atomic E-state index is 10.4. The van der Waals surface area contributed by atoms with E-state index in [1.54, 1.807) is 0 Å². The van der Waals surface area contributed by atoms with Crippen molar-refractivity contribution < 1.29 is 4.79 Å². The van der Waals surface area contributed by atoms with Gasteiger partial charge in [-0.15, -0.1) is 0 Å². The molecule has 4 heteroatoms. The van der Waals surface area contributed by atoms with Crippen molar-refractivity contribution in [3.05, 3.63) is 0 Å². The van der Waals surface area contributed by atoms with Gasteiger partial charge in [0.1, 0.15) is 0 Å². The Bertz CT molecular complexity index is 144. The van der Waals surface area contributed by atoms with E-state index in [4.69, 9.17) is 5.73 Å². The van der Waals surface area contributed by atoms with Crippen molar-refractivity contribution in [1.29, 1.82) is 0 Å². The van der Waals surface area contributed by atoms with E-state index in [2.05, 4.69) is 24.1 Å². The van der Waals surface area contributed by atoms with E-state index in [0.29, 0.717) is 6.54 Å². The molecule has 0 aromatic heterocycles. The van der Waals surface area contributed by atoms with Crippen LogP contribution in [0, 0.1) is 0 Å². The van der Waals surface area contributed by atoms with Crippen molar-refractivity contribution in [2.24, 2.45) is 5.73 Å². The van der Waals surface area contributed by atoms with E-state index < -0.39 is 6.03 Å². The summed E-state index contributed by atoms with van der Waals surface area (Å²) in [5.41, 5.74) is 4.96. The van der Waals surface area contributed by atoms with Gasteiger partial charge in [0.05, 0.1) is 0 Å². The minimum atomic E-state index is -0.428. The molecule has 0 fully saturated rings. The van der Waals surface area contributed by atoms with Gasteiger partial charge in [-0.1, -0.05) is 13.8 Å². The number of nitrogens with one attached hydrogen (secondary N) is 1. The van der Waals surface area contributed by atoms with E-state index in [1.807, 2.05) is 0 Å². The lowest BCUT2D eigenvalue weighted by molar-refractivity contribution is 0.245. The first-order chi connectivity index (χ1) is 6.70. The van der Waals surface area contributed by atoms with E-state index >= 15 is 0 Å². The highest BCUT2D eigenvalue weighted by molar-refractivity contribution is 5.71. The average Bonchev–Trinajstić information content (AvgIpc) is 2.12. The van der Waals surface area contributed by atoms with Gasteiger partial charge in [0, 0.05) is 6.54 Å². The number of amides is 2. The topological polar surface area (TPSA) is 58.4 Å². The number of hydrogen-bond acceptors (Lipinski definition) is 2. The summed E-state index contributed by atoms with van der Waals surface area (Å²) < 4.78 is 0. The van der Waals surface area contributed by atoms with E-state index in [0.717, 1.165) is 26.1 Å². The van der Waals surface area contributed by atoms with E-state index in [-0.39, 0.29) is 0 Å². The molecule has 14 heavy (non-hydrogen) atoms. The van der Waals surface area contributed by atoms with Gasteiger partial charge < -0.3 is 16.0 Å². The number of nitrogens with two attached hydrogens (primary N) is 1. The molecule has 4 nitrogen and oxygen atoms in total. The van der Waals surface area contributed by atoms with Crippen molar-refractivity contribution in [2.75, 3.05) is 26.2 Å². The largest absolute Gasteiger partial charge is 0.352 e. The van der Waals surface area contributed by atoms with Crippen LogP contribution < -0.4 is 11.1 Å². The maximum atomic E-state index is 10.4. The third-order valence-corrected chi connectivity index (χ3v) is 2.03. The van der Waals surface area contributed by atoms with Crippen LogP contribution in [0.2, 0.25) is 0 Å². The summed E-state index contributed by atoms with van der Waals surface area (Å²) in [4.78, 5) is 12.8. The molecule has 0 aliphatic heterocycles. The predicted octanol–water partition coefficient (Wildman–Crippen LogP) is 1.17. The fourth-order valence-electron chi connectivity index (χ4n) is 1.48. The Hall–Kier alpha value is -0.770. The number of carbonyl (C=O) groups excluding carboxylic acids is 1. The minimum Gasteiger partial charge on any atom is -0.352 e. The third-order valence-electron chi connectivity index (χ3n) is 2.03. The fraction of sp³-hybridized carbons (Fsp3) is 0.900. The van der Waals surface area contributed by atoms with Gasteiger partial charge in [0.15, 0.2) is 0 Å². The molecule has 84 valence electrons. The van der Waals surface area contributed by atoms with Crippen LogP contribution in [0.3, 0.4) is 0 Å². The van der Waals surface area contributed by atoms with E-state index in [9.17, 15) is 4.79 Å². The Kier molecular flexibility index (Phi) is 8.33. The predicted molar refractivity (Wildman–Crippen MR) is 59.2 cm³/mol. The smallest absolute Gasteiger partial charge is 0.312 e. The number of carbonyl (C=O) groups is 1. The monoisotopic (exact) mass is 201 g/mol. The zero-order valence-corrected chi connectivity index (χ0v) is 9.38. The zero-order valence-electron chi connectivity index (χ0n) is 9.38. The van der Waals surface area contributed by atoms with Gasteiger partial charge in [-0.05, 0) is 38.9 Å². The van der Waals surface area contributed by atoms with Gasteiger partial charge in [0.2, 0.25) is 0 Å². The first kappa shape index (κ1) is 13.2. The Balaban J connectivity index is 3.44. The van der Waals surface area contributed by atoms with Gasteiger partial charge >= 0.3 is 6.03 Å². The Morgan fingerprint density at radius 1 is 1.21 bits per heavy atom. The Labute approximate surface area is 86.8 Å². The second-order valence-electron chi connectivity index (χ2n) is 3.49. The van der Waals surface area contributed by atoms with Crippen LogP contribution in [0.1, 0.15) is 33.1 Å². The number of rotatable bonds is 8. The van der Waals surface area contributed by atoms with Crippen molar-refractivity contribution in [1.82, 2.24) is 10.2 Å². The SMILES string of the molecule is CCCN(CCC)CCCNC(N)=O. The molecule has 0 radical (unpaired) electrons. The van der Waals surface area contributed by atoms with Gasteiger partial charge in [-0.25, -0.2) is 4.79 Å². The zero-order chi connectivity index (χ0) is 10.8. The van der Waals surface area contributed by atoms with Crippen LogP contribution in [0.15, 0.2) is 0 Å². The van der Waals surface area contributed by atoms with Crippen LogP contribution in [-0.2, 0) is 0 Å². The Morgan fingerprint density at radius 2 is 1.79 bits per heavy atom. The van der Waals surface area contributed by atoms with Crippen molar-refractivity contribution >= 4 is 6.03 Å². The summed E-state index contributed by atoms with van der Waals surface area (Å²) in [5.74, 6) is 0. The van der Waals surface area contributed by atoms with Crippen LogP contribution >= 0.6 is 0 Å². The molecule has 0 aromatic carbocycles. The van der Waals surface area contributed by atoms with Crippen LogP contribution in [-0.4, -0.2) is 37.1 Å². The molecular weight excluding hydrogens is 178 g/mol. The third kappa shape index (κ3) is 7.86. The van der Waals surface area contributed by atoms with Gasteiger partial charge in [-0.3, -0.25) is 0 Å². The molecule has 0 rings (SSSR count). The van der Waals surface area contributed by atoms with Crippen molar-refractivity contribution in [3.63, 3.8) is 0 Å². The minimum absolute atomic E-state index is 0.428. The first-order valence-corrected chi connectivity index (χ1v) is 5.46. The summed E-state index contributed by atoms with van der Waals surface area (Å²) in [5, 5.41) is 2.60. The lowest BCUT2D eigenvalue weighted by Crippen LogP contribution is -2.33. The van der Waals surface area contributed by atoms with Crippen LogP contribution in [0.5, 0.6) is 0 Å². The molecule has 3 N–H and O–H groups in total. The summed E-state index contributed by atoms with van der Waals surface area (Å²) in [6, 6.07) is -0.428. The fourth-order valence-corrected chi connectivity index (χ4v) is 1.48. The molecule has 0 saturated heterocycles. The molecule has 0 atom stereocenters.